The molecule has 3 fully saturated rings. The maximum atomic E-state index is 13.3. The monoisotopic (exact) mass is 493 g/mol. The van der Waals surface area contributed by atoms with Crippen LogP contribution in [0.25, 0.3) is 0 Å². The van der Waals surface area contributed by atoms with E-state index in [2.05, 4.69) is 5.32 Å². The fraction of sp³-hybridized carbons (Fsp3) is 0.708. The van der Waals surface area contributed by atoms with Crippen LogP contribution in [0, 0.1) is 0 Å². The highest BCUT2D eigenvalue weighted by molar-refractivity contribution is 5.94. The second-order valence-electron chi connectivity index (χ2n) is 9.92. The summed E-state index contributed by atoms with van der Waals surface area (Å²) in [6, 6.07) is -0.544. The first kappa shape index (κ1) is 25.3. The summed E-state index contributed by atoms with van der Waals surface area (Å²) < 4.78 is 28.0. The summed E-state index contributed by atoms with van der Waals surface area (Å²) >= 11 is 0. The number of ketones is 1. The van der Waals surface area contributed by atoms with Crippen molar-refractivity contribution in [1.29, 1.82) is 0 Å². The van der Waals surface area contributed by atoms with Crippen LogP contribution in [0.15, 0.2) is 11.1 Å². The zero-order chi connectivity index (χ0) is 25.5. The van der Waals surface area contributed by atoms with Crippen LogP contribution in [0.4, 0.5) is 0 Å². The number of hydrogen-bond acceptors (Lipinski definition) is 11. The molecular weight excluding hydrogens is 462 g/mol. The smallest absolute Gasteiger partial charge is 0.338 e. The SMILES string of the molecule is CC(=O)OCC1=C2C(OC(=O)[C@@H]3CCCN3)C[C@@](C)(OC(C)=O)C(=O)CC[C@@]3(C)O[C@@H]3[C@H]2OC1=O. The summed E-state index contributed by atoms with van der Waals surface area (Å²) in [5.41, 5.74) is -2.10. The predicted molar refractivity (Wildman–Crippen MR) is 117 cm³/mol. The number of epoxide rings is 1. The highest BCUT2D eigenvalue weighted by Gasteiger charge is 2.63. The van der Waals surface area contributed by atoms with Gasteiger partial charge in [0.05, 0.1) is 11.2 Å². The number of esters is 4. The van der Waals surface area contributed by atoms with Crippen LogP contribution in [0.2, 0.25) is 0 Å². The second-order valence-corrected chi connectivity index (χ2v) is 9.92. The van der Waals surface area contributed by atoms with Gasteiger partial charge in [0.15, 0.2) is 17.5 Å². The largest absolute Gasteiger partial charge is 0.461 e. The first-order chi connectivity index (χ1) is 16.4. The number of nitrogens with one attached hydrogen (secondary N) is 1. The van der Waals surface area contributed by atoms with Crippen molar-refractivity contribution in [3.63, 3.8) is 0 Å². The van der Waals surface area contributed by atoms with E-state index in [4.69, 9.17) is 23.7 Å². The Morgan fingerprint density at radius 3 is 2.51 bits per heavy atom. The van der Waals surface area contributed by atoms with Crippen molar-refractivity contribution in [1.82, 2.24) is 5.32 Å². The Labute approximate surface area is 202 Å². The summed E-state index contributed by atoms with van der Waals surface area (Å²) in [5.74, 6) is -2.90. The Kier molecular flexibility index (Phi) is 6.76. The first-order valence-corrected chi connectivity index (χ1v) is 11.9. The molecule has 1 N–H and O–H groups in total. The number of carbonyl (C=O) groups excluding carboxylic acids is 5. The fourth-order valence-electron chi connectivity index (χ4n) is 5.13. The van der Waals surface area contributed by atoms with E-state index in [0.29, 0.717) is 19.4 Å². The summed E-state index contributed by atoms with van der Waals surface area (Å²) in [5, 5.41) is 3.07. The number of ether oxygens (including phenoxy) is 5. The van der Waals surface area contributed by atoms with Gasteiger partial charge in [-0.15, -0.1) is 0 Å². The standard InChI is InChI=1S/C24H31NO10/c1-12(26)31-11-14-18-16(32-22(30)15-6-5-9-25-15)10-24(4,34-13(2)27)17(28)7-8-23(3)20(35-23)19(18)33-21(14)29/h15-16,19-20,25H,5-11H2,1-4H3/t15-,16?,19-,20+,23+,24+/m0/s1. The number of carbonyl (C=O) groups is 5. The van der Waals surface area contributed by atoms with Crippen molar-refractivity contribution in [2.75, 3.05) is 13.2 Å². The van der Waals surface area contributed by atoms with Crippen LogP contribution in [0.3, 0.4) is 0 Å². The Balaban J connectivity index is 1.79. The molecule has 1 aliphatic carbocycles. The van der Waals surface area contributed by atoms with Crippen LogP contribution in [0.5, 0.6) is 0 Å². The van der Waals surface area contributed by atoms with Gasteiger partial charge in [0, 0.05) is 32.3 Å². The van der Waals surface area contributed by atoms with Gasteiger partial charge in [0.25, 0.3) is 0 Å². The van der Waals surface area contributed by atoms with Crippen LogP contribution in [-0.4, -0.2) is 78.4 Å². The van der Waals surface area contributed by atoms with Crippen LogP contribution in [0.1, 0.15) is 59.8 Å². The normalized spacial score (nSPS) is 36.6. The molecule has 3 heterocycles. The molecule has 0 aromatic carbocycles. The van der Waals surface area contributed by atoms with Gasteiger partial charge in [-0.05, 0) is 39.7 Å². The van der Waals surface area contributed by atoms with Gasteiger partial charge in [0.2, 0.25) is 0 Å². The van der Waals surface area contributed by atoms with E-state index in [9.17, 15) is 24.0 Å². The van der Waals surface area contributed by atoms with E-state index < -0.39 is 66.0 Å². The molecule has 1 saturated carbocycles. The minimum absolute atomic E-state index is 0.0263. The molecule has 4 aliphatic rings. The van der Waals surface area contributed by atoms with Gasteiger partial charge in [-0.25, -0.2) is 4.79 Å². The van der Waals surface area contributed by atoms with Gasteiger partial charge >= 0.3 is 23.9 Å². The van der Waals surface area contributed by atoms with Crippen LogP contribution in [-0.2, 0) is 47.7 Å². The maximum absolute atomic E-state index is 13.3. The zero-order valence-electron chi connectivity index (χ0n) is 20.3. The summed E-state index contributed by atoms with van der Waals surface area (Å²) in [6.45, 7) is 5.94. The average Bonchev–Trinajstić information content (AvgIpc) is 3.11. The number of fused-ring (bicyclic) bond motifs is 3. The molecule has 2 saturated heterocycles. The minimum atomic E-state index is -1.63. The summed E-state index contributed by atoms with van der Waals surface area (Å²) in [7, 11) is 0. The Bertz CT molecular complexity index is 983. The van der Waals surface area contributed by atoms with Crippen molar-refractivity contribution >= 4 is 29.7 Å². The number of rotatable bonds is 5. The van der Waals surface area contributed by atoms with Gasteiger partial charge in [-0.1, -0.05) is 0 Å². The molecule has 11 nitrogen and oxygen atoms in total. The van der Waals surface area contributed by atoms with Crippen molar-refractivity contribution in [3.05, 3.63) is 11.1 Å². The first-order valence-electron chi connectivity index (χ1n) is 11.9. The Morgan fingerprint density at radius 2 is 1.89 bits per heavy atom. The van der Waals surface area contributed by atoms with Crippen LogP contribution >= 0.6 is 0 Å². The lowest BCUT2D eigenvalue weighted by molar-refractivity contribution is -0.170. The molecule has 35 heavy (non-hydrogen) atoms. The molecule has 0 radical (unpaired) electrons. The maximum Gasteiger partial charge on any atom is 0.338 e. The predicted octanol–water partition coefficient (Wildman–Crippen LogP) is 0.668. The number of hydrogen-bond donors (Lipinski definition) is 1. The molecule has 0 bridgehead atoms. The second kappa shape index (κ2) is 9.34. The third-order valence-electron chi connectivity index (χ3n) is 7.10. The molecule has 1 unspecified atom stereocenters. The van der Waals surface area contributed by atoms with Crippen molar-refractivity contribution in [2.24, 2.45) is 0 Å². The Hall–Kier alpha value is -2.79. The molecule has 6 atom stereocenters. The minimum Gasteiger partial charge on any atom is -0.461 e. The van der Waals surface area contributed by atoms with E-state index in [0.717, 1.165) is 6.42 Å². The lowest BCUT2D eigenvalue weighted by atomic mass is 9.80. The van der Waals surface area contributed by atoms with Gasteiger partial charge in [-0.2, -0.15) is 0 Å². The summed E-state index contributed by atoms with van der Waals surface area (Å²) in [4.78, 5) is 62.6. The van der Waals surface area contributed by atoms with Crippen molar-refractivity contribution in [2.45, 2.75) is 95.4 Å². The van der Waals surface area contributed by atoms with Gasteiger partial charge < -0.3 is 29.0 Å². The molecule has 3 aliphatic heterocycles. The fourth-order valence-corrected chi connectivity index (χ4v) is 5.13. The van der Waals surface area contributed by atoms with Crippen molar-refractivity contribution < 1.29 is 47.7 Å². The Morgan fingerprint density at radius 1 is 1.14 bits per heavy atom. The third kappa shape index (κ3) is 5.11. The van der Waals surface area contributed by atoms with Gasteiger partial charge in [-0.3, -0.25) is 19.2 Å². The third-order valence-corrected chi connectivity index (χ3v) is 7.10. The van der Waals surface area contributed by atoms with E-state index in [1.165, 1.54) is 20.8 Å². The quantitative estimate of drug-likeness (QED) is 0.327. The number of Topliss-reactive ketones (excluding diaryl/α,β-unsaturated/α-hetero) is 1. The van der Waals surface area contributed by atoms with E-state index in [1.54, 1.807) is 6.92 Å². The lowest BCUT2D eigenvalue weighted by Crippen LogP contribution is -2.48. The zero-order valence-corrected chi connectivity index (χ0v) is 20.3. The molecule has 0 spiro atoms. The lowest BCUT2D eigenvalue weighted by Gasteiger charge is -2.34. The molecule has 192 valence electrons. The highest BCUT2D eigenvalue weighted by atomic mass is 16.7. The highest BCUT2D eigenvalue weighted by Crippen LogP contribution is 2.50. The van der Waals surface area contributed by atoms with Crippen molar-refractivity contribution in [3.8, 4) is 0 Å². The summed E-state index contributed by atoms with van der Waals surface area (Å²) in [6.07, 6.45) is -1.09. The molecule has 0 aromatic heterocycles. The molecular formula is C24H31NO10. The average molecular weight is 494 g/mol. The molecule has 0 amide bonds. The van der Waals surface area contributed by atoms with E-state index >= 15 is 0 Å². The van der Waals surface area contributed by atoms with Gasteiger partial charge in [0.1, 0.15) is 24.9 Å². The molecule has 4 rings (SSSR count). The van der Waals surface area contributed by atoms with Crippen LogP contribution < -0.4 is 5.32 Å². The molecule has 0 aromatic rings. The van der Waals surface area contributed by atoms with E-state index in [1.807, 2.05) is 0 Å². The molecule has 11 heteroatoms. The van der Waals surface area contributed by atoms with E-state index in [-0.39, 0.29) is 29.8 Å². The topological polar surface area (TPSA) is 147 Å².